The first-order chi connectivity index (χ1) is 14.0. The minimum absolute atomic E-state index is 0. The minimum atomic E-state index is -0.568. The molecule has 0 aliphatic heterocycles. The number of guanidine groups is 1. The third kappa shape index (κ3) is 7.23. The van der Waals surface area contributed by atoms with Crippen LogP contribution in [0.2, 0.25) is 0 Å². The van der Waals surface area contributed by atoms with Gasteiger partial charge in [-0.1, -0.05) is 42.5 Å². The highest BCUT2D eigenvalue weighted by Gasteiger charge is 2.12. The van der Waals surface area contributed by atoms with Crippen molar-refractivity contribution >= 4 is 51.4 Å². The van der Waals surface area contributed by atoms with E-state index in [9.17, 15) is 5.11 Å². The normalized spacial score (nSPS) is 12.6. The van der Waals surface area contributed by atoms with Gasteiger partial charge in [0, 0.05) is 29.2 Å². The second-order valence-electron chi connectivity index (χ2n) is 7.33. The van der Waals surface area contributed by atoms with Crippen LogP contribution in [0.5, 0.6) is 0 Å². The molecule has 1 heterocycles. The Bertz CT molecular complexity index is 907. The van der Waals surface area contributed by atoms with Crippen molar-refractivity contribution in [2.24, 2.45) is 4.99 Å². The molecule has 1 aromatic heterocycles. The summed E-state index contributed by atoms with van der Waals surface area (Å²) in [4.78, 5) is 7.78. The van der Waals surface area contributed by atoms with Crippen molar-refractivity contribution in [1.82, 2.24) is 15.5 Å². The summed E-state index contributed by atoms with van der Waals surface area (Å²) in [6, 6.07) is 18.8. The molecule has 0 fully saturated rings. The van der Waals surface area contributed by atoms with Crippen LogP contribution in [0.25, 0.3) is 10.1 Å². The minimum Gasteiger partial charge on any atom is -0.386 e. The largest absolute Gasteiger partial charge is 0.386 e. The molecule has 0 bridgehead atoms. The number of fused-ring (bicyclic) bond motifs is 1. The summed E-state index contributed by atoms with van der Waals surface area (Å²) in [6.07, 6.45) is -0.568. The molecule has 0 saturated heterocycles. The number of hydrogen-bond acceptors (Lipinski definition) is 4. The van der Waals surface area contributed by atoms with E-state index in [1.807, 2.05) is 19.1 Å². The Hall–Kier alpha value is -1.68. The van der Waals surface area contributed by atoms with Gasteiger partial charge in [0.1, 0.15) is 6.10 Å². The predicted octanol–water partition coefficient (Wildman–Crippen LogP) is 4.37. The van der Waals surface area contributed by atoms with Gasteiger partial charge in [0.2, 0.25) is 0 Å². The molecular formula is C23H31IN4OS. The monoisotopic (exact) mass is 538 g/mol. The van der Waals surface area contributed by atoms with Crippen LogP contribution >= 0.6 is 35.3 Å². The van der Waals surface area contributed by atoms with Gasteiger partial charge >= 0.3 is 0 Å². The van der Waals surface area contributed by atoms with Crippen molar-refractivity contribution in [2.45, 2.75) is 26.1 Å². The maximum atomic E-state index is 10.6. The van der Waals surface area contributed by atoms with Crippen molar-refractivity contribution in [2.75, 3.05) is 27.2 Å². The van der Waals surface area contributed by atoms with Crippen LogP contribution in [-0.2, 0) is 13.1 Å². The zero-order valence-corrected chi connectivity index (χ0v) is 20.9. The van der Waals surface area contributed by atoms with E-state index >= 15 is 0 Å². The fourth-order valence-corrected chi connectivity index (χ4v) is 4.14. The number of nitrogens with one attached hydrogen (secondary N) is 2. The van der Waals surface area contributed by atoms with Gasteiger partial charge in [0.15, 0.2) is 5.96 Å². The van der Waals surface area contributed by atoms with Gasteiger partial charge in [-0.2, -0.15) is 0 Å². The fraction of sp³-hybridized carbons (Fsp3) is 0.348. The number of nitrogens with zero attached hydrogens (tertiary/aromatic N) is 2. The molecule has 5 nitrogen and oxygen atoms in total. The van der Waals surface area contributed by atoms with Gasteiger partial charge < -0.3 is 20.6 Å². The first-order valence-corrected chi connectivity index (χ1v) is 10.8. The lowest BCUT2D eigenvalue weighted by Gasteiger charge is -2.14. The molecule has 30 heavy (non-hydrogen) atoms. The maximum Gasteiger partial charge on any atom is 0.191 e. The Kier molecular flexibility index (Phi) is 10.0. The molecule has 0 aliphatic carbocycles. The average Bonchev–Trinajstić information content (AvgIpc) is 3.15. The topological polar surface area (TPSA) is 59.9 Å². The highest BCUT2D eigenvalue weighted by atomic mass is 127. The molecule has 3 N–H and O–H groups in total. The number of aliphatic imine (C=N–C) groups is 1. The summed E-state index contributed by atoms with van der Waals surface area (Å²) in [5.41, 5.74) is 2.45. The van der Waals surface area contributed by atoms with Gasteiger partial charge in [-0.3, -0.25) is 0 Å². The molecular weight excluding hydrogens is 507 g/mol. The number of benzene rings is 2. The third-order valence-corrected chi connectivity index (χ3v) is 5.74. The first kappa shape index (κ1) is 24.6. The smallest absolute Gasteiger partial charge is 0.191 e. The lowest BCUT2D eigenvalue weighted by Crippen LogP contribution is -2.39. The molecule has 1 unspecified atom stereocenters. The van der Waals surface area contributed by atoms with Crippen LogP contribution in [-0.4, -0.2) is 43.2 Å². The summed E-state index contributed by atoms with van der Waals surface area (Å²) in [6.45, 7) is 4.75. The SMILES string of the molecule is CCNC(=NCc1ccc(CN(C)C)cc1)NCC(O)c1cc2ccccc2s1.I. The first-order valence-electron chi connectivity index (χ1n) is 9.96. The number of halogens is 1. The van der Waals surface area contributed by atoms with E-state index in [1.54, 1.807) is 11.3 Å². The van der Waals surface area contributed by atoms with E-state index in [0.29, 0.717) is 19.0 Å². The van der Waals surface area contributed by atoms with Crippen LogP contribution in [0.3, 0.4) is 0 Å². The Morgan fingerprint density at radius 3 is 2.43 bits per heavy atom. The molecule has 3 rings (SSSR count). The van der Waals surface area contributed by atoms with Crippen molar-refractivity contribution in [3.05, 3.63) is 70.6 Å². The molecule has 0 radical (unpaired) electrons. The van der Waals surface area contributed by atoms with Gasteiger partial charge in [-0.05, 0) is 49.7 Å². The second kappa shape index (κ2) is 12.2. The summed E-state index contributed by atoms with van der Waals surface area (Å²) in [5, 5.41) is 18.3. The van der Waals surface area contributed by atoms with Crippen LogP contribution < -0.4 is 10.6 Å². The molecule has 3 aromatic rings. The third-order valence-electron chi connectivity index (χ3n) is 4.52. The summed E-state index contributed by atoms with van der Waals surface area (Å²) >= 11 is 1.63. The van der Waals surface area contributed by atoms with E-state index < -0.39 is 6.10 Å². The van der Waals surface area contributed by atoms with E-state index in [1.165, 1.54) is 15.6 Å². The number of hydrogen-bond donors (Lipinski definition) is 3. The molecule has 0 amide bonds. The van der Waals surface area contributed by atoms with Gasteiger partial charge in [0.05, 0.1) is 6.54 Å². The van der Waals surface area contributed by atoms with Gasteiger partial charge in [-0.15, -0.1) is 35.3 Å². The van der Waals surface area contributed by atoms with E-state index in [-0.39, 0.29) is 24.0 Å². The van der Waals surface area contributed by atoms with Crippen LogP contribution in [0.1, 0.15) is 29.0 Å². The Morgan fingerprint density at radius 1 is 1.07 bits per heavy atom. The van der Waals surface area contributed by atoms with Crippen molar-refractivity contribution in [3.63, 3.8) is 0 Å². The number of aliphatic hydroxyl groups is 1. The highest BCUT2D eigenvalue weighted by molar-refractivity contribution is 14.0. The molecule has 2 aromatic carbocycles. The lowest BCUT2D eigenvalue weighted by molar-refractivity contribution is 0.184. The standard InChI is InChI=1S/C23H30N4OS.HI/c1-4-24-23(25-14-17-9-11-18(12-10-17)16-27(2)3)26-15-20(28)22-13-19-7-5-6-8-21(19)29-22;/h5-13,20,28H,4,14-16H2,1-3H3,(H2,24,25,26);1H. The molecule has 0 saturated carbocycles. The zero-order chi connectivity index (χ0) is 20.6. The maximum absolute atomic E-state index is 10.6. The summed E-state index contributed by atoms with van der Waals surface area (Å²) in [5.74, 6) is 0.713. The van der Waals surface area contributed by atoms with E-state index in [2.05, 4.69) is 77.1 Å². The lowest BCUT2D eigenvalue weighted by atomic mass is 10.1. The van der Waals surface area contributed by atoms with Crippen LogP contribution in [0.4, 0.5) is 0 Å². The van der Waals surface area contributed by atoms with Crippen LogP contribution in [0, 0.1) is 0 Å². The molecule has 1 atom stereocenters. The number of thiophene rings is 1. The second-order valence-corrected chi connectivity index (χ2v) is 8.45. The number of rotatable bonds is 8. The Labute approximate surface area is 200 Å². The van der Waals surface area contributed by atoms with Crippen molar-refractivity contribution in [1.29, 1.82) is 0 Å². The molecule has 0 aliphatic rings. The van der Waals surface area contributed by atoms with Crippen molar-refractivity contribution < 1.29 is 5.11 Å². The van der Waals surface area contributed by atoms with Gasteiger partial charge in [-0.25, -0.2) is 4.99 Å². The predicted molar refractivity (Wildman–Crippen MR) is 139 cm³/mol. The molecule has 7 heteroatoms. The zero-order valence-electron chi connectivity index (χ0n) is 17.8. The van der Waals surface area contributed by atoms with Crippen LogP contribution in [0.15, 0.2) is 59.6 Å². The summed E-state index contributed by atoms with van der Waals surface area (Å²) < 4.78 is 1.19. The summed E-state index contributed by atoms with van der Waals surface area (Å²) in [7, 11) is 4.14. The Morgan fingerprint density at radius 2 is 1.77 bits per heavy atom. The average molecular weight is 538 g/mol. The molecule has 0 spiro atoms. The Balaban J connectivity index is 0.00000320. The van der Waals surface area contributed by atoms with E-state index in [0.717, 1.165) is 23.5 Å². The molecule has 162 valence electrons. The van der Waals surface area contributed by atoms with Gasteiger partial charge in [0.25, 0.3) is 0 Å². The van der Waals surface area contributed by atoms with Crippen molar-refractivity contribution in [3.8, 4) is 0 Å². The number of aliphatic hydroxyl groups excluding tert-OH is 1. The highest BCUT2D eigenvalue weighted by Crippen LogP contribution is 2.29. The fourth-order valence-electron chi connectivity index (χ4n) is 3.09. The quantitative estimate of drug-likeness (QED) is 0.227. The van der Waals surface area contributed by atoms with E-state index in [4.69, 9.17) is 0 Å².